The lowest BCUT2D eigenvalue weighted by atomic mass is 9.88. The van der Waals surface area contributed by atoms with Gasteiger partial charge >= 0.3 is 0 Å². The van der Waals surface area contributed by atoms with Crippen molar-refractivity contribution in [2.45, 2.75) is 26.3 Å². The van der Waals surface area contributed by atoms with Crippen molar-refractivity contribution in [2.24, 2.45) is 0 Å². The smallest absolute Gasteiger partial charge is 0.0998 e. The van der Waals surface area contributed by atoms with Gasteiger partial charge in [-0.15, -0.1) is 0 Å². The number of rotatable bonds is 2. The maximum atomic E-state index is 9.58. The molecule has 0 aliphatic carbocycles. The van der Waals surface area contributed by atoms with E-state index in [-0.39, 0.29) is 5.54 Å². The molecular formula is C22H21BrN2. The fourth-order valence-corrected chi connectivity index (χ4v) is 3.67. The quantitative estimate of drug-likeness (QED) is 0.452. The summed E-state index contributed by atoms with van der Waals surface area (Å²) in [6.07, 6.45) is 4.25. The molecule has 2 aromatic carbocycles. The monoisotopic (exact) mass is 392 g/mol. The van der Waals surface area contributed by atoms with Crippen molar-refractivity contribution in [3.05, 3.63) is 69.7 Å². The van der Waals surface area contributed by atoms with Crippen molar-refractivity contribution >= 4 is 38.8 Å². The van der Waals surface area contributed by atoms with Crippen molar-refractivity contribution in [1.29, 1.82) is 5.26 Å². The lowest BCUT2D eigenvalue weighted by molar-refractivity contribution is 0.598. The van der Waals surface area contributed by atoms with E-state index < -0.39 is 0 Å². The first kappa shape index (κ1) is 17.5. The number of allylic oxidation sites excluding steroid dienone is 2. The molecule has 0 atom stereocenters. The summed E-state index contributed by atoms with van der Waals surface area (Å²) in [5.74, 6) is 0. The minimum Gasteiger partial charge on any atom is -0.366 e. The minimum atomic E-state index is 0.00255. The standard InChI is InChI=1S/C22H21BrN2/c1-15-13-22(2,3)25(4)21-9-8-16(11-20(15)21)10-18(14-24)17-6-5-7-19(23)12-17/h5-13H,1-4H3/b18-10+. The van der Waals surface area contributed by atoms with Crippen LogP contribution in [0.4, 0.5) is 5.69 Å². The second-order valence-electron chi connectivity index (χ2n) is 7.00. The number of likely N-dealkylation sites (N-methyl/N-ethyl adjacent to an activating group) is 1. The predicted octanol–water partition coefficient (Wildman–Crippen LogP) is 6.14. The molecule has 0 bridgehead atoms. The molecule has 0 radical (unpaired) electrons. The van der Waals surface area contributed by atoms with Gasteiger partial charge < -0.3 is 4.90 Å². The zero-order valence-corrected chi connectivity index (χ0v) is 16.6. The number of fused-ring (bicyclic) bond motifs is 1. The number of hydrogen-bond acceptors (Lipinski definition) is 2. The highest BCUT2D eigenvalue weighted by Crippen LogP contribution is 2.38. The van der Waals surface area contributed by atoms with Gasteiger partial charge in [-0.2, -0.15) is 5.26 Å². The molecule has 0 spiro atoms. The molecule has 1 heterocycles. The first-order chi connectivity index (χ1) is 11.8. The van der Waals surface area contributed by atoms with E-state index in [0.29, 0.717) is 5.57 Å². The van der Waals surface area contributed by atoms with E-state index >= 15 is 0 Å². The molecule has 0 unspecified atom stereocenters. The number of nitrogens with zero attached hydrogens (tertiary/aromatic N) is 2. The molecule has 2 aromatic rings. The zero-order valence-electron chi connectivity index (χ0n) is 15.0. The maximum absolute atomic E-state index is 9.58. The predicted molar refractivity (Wildman–Crippen MR) is 110 cm³/mol. The van der Waals surface area contributed by atoms with Crippen LogP contribution in [0, 0.1) is 11.3 Å². The summed E-state index contributed by atoms with van der Waals surface area (Å²) in [4.78, 5) is 2.29. The van der Waals surface area contributed by atoms with Crippen LogP contribution in [0.1, 0.15) is 37.5 Å². The molecule has 3 heteroatoms. The number of benzene rings is 2. The van der Waals surface area contributed by atoms with Gasteiger partial charge in [0.25, 0.3) is 0 Å². The number of hydrogen-bond donors (Lipinski definition) is 0. The summed E-state index contributed by atoms with van der Waals surface area (Å²) in [6, 6.07) is 16.6. The van der Waals surface area contributed by atoms with Gasteiger partial charge in [-0.3, -0.25) is 0 Å². The van der Waals surface area contributed by atoms with Crippen LogP contribution in [0.2, 0.25) is 0 Å². The fourth-order valence-electron chi connectivity index (χ4n) is 3.27. The minimum absolute atomic E-state index is 0.00255. The van der Waals surface area contributed by atoms with E-state index in [4.69, 9.17) is 0 Å². The lowest BCUT2D eigenvalue weighted by Crippen LogP contribution is -2.42. The van der Waals surface area contributed by atoms with Crippen LogP contribution < -0.4 is 4.90 Å². The van der Waals surface area contributed by atoms with Gasteiger partial charge in [0.1, 0.15) is 0 Å². The highest BCUT2D eigenvalue weighted by molar-refractivity contribution is 9.10. The van der Waals surface area contributed by atoms with Crippen LogP contribution in [-0.2, 0) is 0 Å². The Morgan fingerprint density at radius 2 is 1.96 bits per heavy atom. The third kappa shape index (κ3) is 3.41. The molecule has 126 valence electrons. The van der Waals surface area contributed by atoms with E-state index in [1.165, 1.54) is 16.8 Å². The van der Waals surface area contributed by atoms with Crippen molar-refractivity contribution in [3.63, 3.8) is 0 Å². The Hall–Kier alpha value is -2.31. The molecule has 25 heavy (non-hydrogen) atoms. The van der Waals surface area contributed by atoms with E-state index in [1.54, 1.807) is 0 Å². The summed E-state index contributed by atoms with van der Waals surface area (Å²) in [5.41, 5.74) is 6.34. The van der Waals surface area contributed by atoms with Gasteiger partial charge in [0.05, 0.1) is 17.2 Å². The van der Waals surface area contributed by atoms with Crippen LogP contribution in [0.3, 0.4) is 0 Å². The molecule has 1 aliphatic rings. The molecule has 0 amide bonds. The largest absolute Gasteiger partial charge is 0.366 e. The first-order valence-electron chi connectivity index (χ1n) is 8.27. The van der Waals surface area contributed by atoms with Crippen LogP contribution in [-0.4, -0.2) is 12.6 Å². The molecular weight excluding hydrogens is 372 g/mol. The third-order valence-corrected chi connectivity index (χ3v) is 5.30. The Kier molecular flexibility index (Phi) is 4.58. The summed E-state index contributed by atoms with van der Waals surface area (Å²) < 4.78 is 0.972. The van der Waals surface area contributed by atoms with Crippen molar-refractivity contribution < 1.29 is 0 Å². The lowest BCUT2D eigenvalue weighted by Gasteiger charge is -2.40. The second kappa shape index (κ2) is 6.54. The average molecular weight is 393 g/mol. The van der Waals surface area contributed by atoms with Crippen LogP contribution in [0.5, 0.6) is 0 Å². The first-order valence-corrected chi connectivity index (χ1v) is 9.06. The Bertz CT molecular complexity index is 929. The van der Waals surface area contributed by atoms with Crippen molar-refractivity contribution in [3.8, 4) is 6.07 Å². The Labute approximate surface area is 158 Å². The molecule has 3 rings (SSSR count). The van der Waals surface area contributed by atoms with Crippen molar-refractivity contribution in [1.82, 2.24) is 0 Å². The third-order valence-electron chi connectivity index (χ3n) is 4.81. The molecule has 1 aliphatic heterocycles. The number of anilines is 1. The molecule has 0 aromatic heterocycles. The van der Waals surface area contributed by atoms with E-state index in [0.717, 1.165) is 15.6 Å². The Morgan fingerprint density at radius 1 is 1.20 bits per heavy atom. The van der Waals surface area contributed by atoms with Gasteiger partial charge in [0.2, 0.25) is 0 Å². The zero-order chi connectivity index (χ0) is 18.2. The van der Waals surface area contributed by atoms with Crippen LogP contribution in [0.15, 0.2) is 53.0 Å². The SMILES string of the molecule is CC1=CC(C)(C)N(C)c2ccc(/C=C(\C#N)c3cccc(Br)c3)cc21. The molecule has 0 N–H and O–H groups in total. The highest BCUT2D eigenvalue weighted by atomic mass is 79.9. The normalized spacial score (nSPS) is 16.1. The van der Waals surface area contributed by atoms with Crippen LogP contribution >= 0.6 is 15.9 Å². The maximum Gasteiger partial charge on any atom is 0.0998 e. The van der Waals surface area contributed by atoms with E-state index in [9.17, 15) is 5.26 Å². The fraction of sp³-hybridized carbons (Fsp3) is 0.227. The topological polar surface area (TPSA) is 27.0 Å². The second-order valence-corrected chi connectivity index (χ2v) is 7.91. The summed E-state index contributed by atoms with van der Waals surface area (Å²) in [7, 11) is 2.12. The molecule has 0 saturated carbocycles. The molecule has 0 fully saturated rings. The summed E-state index contributed by atoms with van der Waals surface area (Å²) >= 11 is 3.47. The Morgan fingerprint density at radius 3 is 2.64 bits per heavy atom. The Balaban J connectivity index is 2.06. The highest BCUT2D eigenvalue weighted by Gasteiger charge is 2.28. The van der Waals surface area contributed by atoms with Gasteiger partial charge in [0, 0.05) is 22.8 Å². The summed E-state index contributed by atoms with van der Waals surface area (Å²) in [6.45, 7) is 6.59. The molecule has 0 saturated heterocycles. The summed E-state index contributed by atoms with van der Waals surface area (Å²) in [5, 5.41) is 9.58. The average Bonchev–Trinajstić information content (AvgIpc) is 2.57. The van der Waals surface area contributed by atoms with Crippen molar-refractivity contribution in [2.75, 3.05) is 11.9 Å². The van der Waals surface area contributed by atoms with Gasteiger partial charge in [-0.1, -0.05) is 40.2 Å². The van der Waals surface area contributed by atoms with Crippen LogP contribution in [0.25, 0.3) is 17.2 Å². The number of nitriles is 1. The van der Waals surface area contributed by atoms with Gasteiger partial charge in [-0.05, 0) is 67.8 Å². The molecule has 2 nitrogen and oxygen atoms in total. The van der Waals surface area contributed by atoms with Gasteiger partial charge in [-0.25, -0.2) is 0 Å². The van der Waals surface area contributed by atoms with Gasteiger partial charge in [0.15, 0.2) is 0 Å². The van der Waals surface area contributed by atoms with E-state index in [1.807, 2.05) is 30.3 Å². The number of halogens is 1. The van der Waals surface area contributed by atoms with E-state index in [2.05, 4.69) is 79.0 Å².